The molecule has 3 atom stereocenters. The summed E-state index contributed by atoms with van der Waals surface area (Å²) in [5.74, 6) is -0.425. The van der Waals surface area contributed by atoms with Gasteiger partial charge in [0.15, 0.2) is 11.4 Å². The Labute approximate surface area is 164 Å². The van der Waals surface area contributed by atoms with Gasteiger partial charge in [0.2, 0.25) is 5.95 Å². The van der Waals surface area contributed by atoms with Crippen LogP contribution in [0.4, 0.5) is 20.5 Å². The highest BCUT2D eigenvalue weighted by molar-refractivity contribution is 6.32. The van der Waals surface area contributed by atoms with Crippen molar-refractivity contribution in [3.8, 4) is 11.3 Å². The summed E-state index contributed by atoms with van der Waals surface area (Å²) in [6.07, 6.45) is 1.60. The first-order chi connectivity index (χ1) is 13.4. The van der Waals surface area contributed by atoms with Crippen LogP contribution < -0.4 is 11.1 Å². The summed E-state index contributed by atoms with van der Waals surface area (Å²) in [5.41, 5.74) is 6.00. The fourth-order valence-electron chi connectivity index (χ4n) is 3.87. The van der Waals surface area contributed by atoms with Crippen LogP contribution in [-0.2, 0) is 0 Å². The molecule has 4 rings (SSSR count). The normalized spacial score (nSPS) is 22.1. The van der Waals surface area contributed by atoms with E-state index in [2.05, 4.69) is 22.2 Å². The van der Waals surface area contributed by atoms with E-state index in [0.29, 0.717) is 17.3 Å². The lowest BCUT2D eigenvalue weighted by Crippen LogP contribution is -2.18. The van der Waals surface area contributed by atoms with Gasteiger partial charge in [0.05, 0.1) is 5.56 Å². The lowest BCUT2D eigenvalue weighted by molar-refractivity contribution is 0.201. The molecule has 6 nitrogen and oxygen atoms in total. The third-order valence-electron chi connectivity index (χ3n) is 5.29. The van der Waals surface area contributed by atoms with E-state index in [1.165, 1.54) is 12.1 Å². The van der Waals surface area contributed by atoms with E-state index < -0.39 is 11.6 Å². The molecule has 9 heteroatoms. The topological polar surface area (TPSA) is 97.2 Å². The molecule has 1 fully saturated rings. The molecule has 3 aromatic rings. The summed E-state index contributed by atoms with van der Waals surface area (Å²) >= 11 is 6.30. The Morgan fingerprint density at radius 1 is 1.29 bits per heavy atom. The number of nitrogens with two attached hydrogens (primary N) is 1. The number of halogens is 3. The van der Waals surface area contributed by atoms with Crippen LogP contribution in [0.1, 0.15) is 19.8 Å². The summed E-state index contributed by atoms with van der Waals surface area (Å²) in [6, 6.07) is 3.47. The molecule has 1 saturated carbocycles. The summed E-state index contributed by atoms with van der Waals surface area (Å²) in [6.45, 7) is 2.20. The number of aliphatic hydroxyl groups excluding tert-OH is 1. The van der Waals surface area contributed by atoms with Crippen molar-refractivity contribution >= 4 is 34.3 Å². The number of benzene rings is 1. The van der Waals surface area contributed by atoms with E-state index in [1.54, 1.807) is 0 Å². The van der Waals surface area contributed by atoms with Crippen LogP contribution in [-0.4, -0.2) is 27.7 Å². The summed E-state index contributed by atoms with van der Waals surface area (Å²) in [5, 5.41) is 13.1. The van der Waals surface area contributed by atoms with Crippen molar-refractivity contribution in [1.29, 1.82) is 0 Å². The minimum absolute atomic E-state index is 0.0191. The van der Waals surface area contributed by atoms with E-state index in [1.807, 2.05) is 0 Å². The van der Waals surface area contributed by atoms with Crippen LogP contribution in [0.25, 0.3) is 22.3 Å². The average Bonchev–Trinajstić information content (AvgIpc) is 3.17. The van der Waals surface area contributed by atoms with Gasteiger partial charge in [0, 0.05) is 24.1 Å². The van der Waals surface area contributed by atoms with E-state index >= 15 is 0 Å². The van der Waals surface area contributed by atoms with Crippen LogP contribution in [0.3, 0.4) is 0 Å². The molecule has 0 amide bonds. The van der Waals surface area contributed by atoms with Gasteiger partial charge in [-0.3, -0.25) is 0 Å². The molecule has 0 bridgehead atoms. The first kappa shape index (κ1) is 18.9. The van der Waals surface area contributed by atoms with E-state index in [9.17, 15) is 13.9 Å². The minimum atomic E-state index is -0.807. The first-order valence-electron chi connectivity index (χ1n) is 8.95. The summed E-state index contributed by atoms with van der Waals surface area (Å²) in [7, 11) is 0. The quantitative estimate of drug-likeness (QED) is 0.559. The second kappa shape index (κ2) is 7.18. The third-order valence-corrected chi connectivity index (χ3v) is 5.56. The molecule has 2 aromatic heterocycles. The molecular weight excluding hydrogens is 390 g/mol. The van der Waals surface area contributed by atoms with E-state index in [0.717, 1.165) is 18.9 Å². The van der Waals surface area contributed by atoms with Gasteiger partial charge >= 0.3 is 0 Å². The molecule has 4 N–H and O–H groups in total. The van der Waals surface area contributed by atoms with Gasteiger partial charge in [-0.15, -0.1) is 0 Å². The lowest BCUT2D eigenvalue weighted by Gasteiger charge is -2.16. The van der Waals surface area contributed by atoms with Crippen LogP contribution in [0.2, 0.25) is 5.15 Å². The standard InChI is InChI=1S/C19H19ClF2N4O2/c1-8-2-12(4-10(8)7-27)24-18-15(17(20)25-19(23)26-18)14-5-9-3-11(21)6-13(22)16(9)28-14/h3,5-6,8,10,12,27H,2,4,7H2,1H3,(H3,23,24,25,26)/t8-,10+,12-/m0/s1. The number of anilines is 2. The number of aromatic nitrogens is 2. The number of fused-ring (bicyclic) bond motifs is 1. The fourth-order valence-corrected chi connectivity index (χ4v) is 4.14. The average molecular weight is 409 g/mol. The molecule has 1 aromatic carbocycles. The highest BCUT2D eigenvalue weighted by Gasteiger charge is 2.32. The monoisotopic (exact) mass is 408 g/mol. The molecule has 0 unspecified atom stereocenters. The third kappa shape index (κ3) is 3.38. The van der Waals surface area contributed by atoms with Crippen molar-refractivity contribution in [2.45, 2.75) is 25.8 Å². The Bertz CT molecular complexity index is 1040. The number of furan rings is 1. The summed E-state index contributed by atoms with van der Waals surface area (Å²) in [4.78, 5) is 8.21. The molecule has 0 saturated heterocycles. The summed E-state index contributed by atoms with van der Waals surface area (Å²) < 4.78 is 33.2. The van der Waals surface area contributed by atoms with Gasteiger partial charge < -0.3 is 20.6 Å². The zero-order chi connectivity index (χ0) is 20.0. The van der Waals surface area contributed by atoms with Crippen molar-refractivity contribution in [1.82, 2.24) is 9.97 Å². The number of nitrogen functional groups attached to an aromatic ring is 1. The van der Waals surface area contributed by atoms with Crippen LogP contribution in [0.15, 0.2) is 22.6 Å². The number of nitrogens with zero attached hydrogens (tertiary/aromatic N) is 2. The zero-order valence-corrected chi connectivity index (χ0v) is 15.8. The lowest BCUT2D eigenvalue weighted by atomic mass is 10.00. The first-order valence-corrected chi connectivity index (χ1v) is 9.33. The predicted molar refractivity (Wildman–Crippen MR) is 103 cm³/mol. The molecule has 0 aliphatic heterocycles. The van der Waals surface area contributed by atoms with Gasteiger partial charge in [-0.05, 0) is 36.8 Å². The number of aliphatic hydroxyl groups is 1. The number of hydrogen-bond donors (Lipinski definition) is 3. The molecule has 1 aliphatic rings. The minimum Gasteiger partial charge on any atom is -0.453 e. The van der Waals surface area contributed by atoms with Crippen molar-refractivity contribution in [3.05, 3.63) is 35.0 Å². The molecule has 28 heavy (non-hydrogen) atoms. The van der Waals surface area contributed by atoms with Crippen molar-refractivity contribution in [2.24, 2.45) is 11.8 Å². The second-order valence-corrected chi connectivity index (χ2v) is 7.60. The van der Waals surface area contributed by atoms with Gasteiger partial charge in [-0.1, -0.05) is 18.5 Å². The van der Waals surface area contributed by atoms with E-state index in [4.69, 9.17) is 21.8 Å². The van der Waals surface area contributed by atoms with Crippen LogP contribution in [0, 0.1) is 23.5 Å². The van der Waals surface area contributed by atoms with Gasteiger partial charge in [-0.2, -0.15) is 4.98 Å². The molecule has 1 aliphatic carbocycles. The maximum Gasteiger partial charge on any atom is 0.223 e. The molecule has 2 heterocycles. The maximum absolute atomic E-state index is 14.0. The Kier molecular flexibility index (Phi) is 4.84. The second-order valence-electron chi connectivity index (χ2n) is 7.25. The van der Waals surface area contributed by atoms with Gasteiger partial charge in [0.1, 0.15) is 22.5 Å². The van der Waals surface area contributed by atoms with Gasteiger partial charge in [0.25, 0.3) is 0 Å². The van der Waals surface area contributed by atoms with Crippen LogP contribution in [0.5, 0.6) is 0 Å². The van der Waals surface area contributed by atoms with Crippen LogP contribution >= 0.6 is 11.6 Å². The largest absolute Gasteiger partial charge is 0.453 e. The smallest absolute Gasteiger partial charge is 0.223 e. The highest BCUT2D eigenvalue weighted by Crippen LogP contribution is 2.40. The van der Waals surface area contributed by atoms with Crippen molar-refractivity contribution < 1.29 is 18.3 Å². The van der Waals surface area contributed by atoms with Gasteiger partial charge in [-0.25, -0.2) is 13.8 Å². The Balaban J connectivity index is 1.76. The zero-order valence-electron chi connectivity index (χ0n) is 15.0. The maximum atomic E-state index is 14.0. The number of rotatable bonds is 4. The molecular formula is C19H19ClF2N4O2. The van der Waals surface area contributed by atoms with Crippen molar-refractivity contribution in [2.75, 3.05) is 17.7 Å². The van der Waals surface area contributed by atoms with Crippen molar-refractivity contribution in [3.63, 3.8) is 0 Å². The Morgan fingerprint density at radius 2 is 2.07 bits per heavy atom. The highest BCUT2D eigenvalue weighted by atomic mass is 35.5. The Morgan fingerprint density at radius 3 is 2.79 bits per heavy atom. The Hall–Kier alpha value is -2.45. The number of nitrogens with one attached hydrogen (secondary N) is 1. The van der Waals surface area contributed by atoms with E-state index in [-0.39, 0.29) is 46.4 Å². The SMILES string of the molecule is C[C@H]1C[C@H](Nc2nc(N)nc(Cl)c2-c2cc3cc(F)cc(F)c3o2)C[C@@H]1CO. The fraction of sp³-hybridized carbons (Fsp3) is 0.368. The predicted octanol–water partition coefficient (Wildman–Crippen LogP) is 4.22. The molecule has 0 radical (unpaired) electrons. The molecule has 148 valence electrons. The number of hydrogen-bond acceptors (Lipinski definition) is 6. The molecule has 0 spiro atoms.